The SMILES string of the molecule is C[C@@H]([C]1[CH][CH][CH][C]1P(c1ccccc1)c1ccccc1)N(C)C.[CH]1[CH][CH][C](P(c2ccccc2)c2ccccc2)[CH]1.[Fe+2]. The van der Waals surface area contributed by atoms with E-state index in [1.807, 2.05) is 0 Å². The topological polar surface area (TPSA) is 3.24 Å². The molecule has 0 N–H and O–H groups in total. The molecular weight excluding hydrogens is 588 g/mol. The summed E-state index contributed by atoms with van der Waals surface area (Å²) < 4.78 is 0. The van der Waals surface area contributed by atoms with E-state index >= 15 is 0 Å². The summed E-state index contributed by atoms with van der Waals surface area (Å²) in [7, 11) is 3.37. The minimum Gasteiger partial charge on any atom is -0.306 e. The van der Waals surface area contributed by atoms with Crippen LogP contribution in [0.4, 0.5) is 0 Å². The van der Waals surface area contributed by atoms with E-state index in [-0.39, 0.29) is 17.1 Å². The molecule has 6 rings (SSSR count). The van der Waals surface area contributed by atoms with E-state index in [2.05, 4.69) is 192 Å². The molecule has 4 aromatic rings. The van der Waals surface area contributed by atoms with Crippen LogP contribution in [0.1, 0.15) is 6.92 Å². The Bertz CT molecular complexity index is 1200. The van der Waals surface area contributed by atoms with Crippen LogP contribution in [0.25, 0.3) is 0 Å². The summed E-state index contributed by atoms with van der Waals surface area (Å²) >= 11 is 0. The molecule has 2 saturated carbocycles. The molecule has 0 heterocycles. The molecule has 1 atom stereocenters. The van der Waals surface area contributed by atoms with E-state index < -0.39 is 15.8 Å². The number of benzene rings is 4. The molecule has 4 heteroatoms. The zero-order chi connectivity index (χ0) is 28.4. The Balaban J connectivity index is 0.000000193. The molecule has 0 aromatic heterocycles. The Morgan fingerprint density at radius 3 is 1.24 bits per heavy atom. The molecule has 2 fully saturated rings. The third-order valence-corrected chi connectivity index (χ3v) is 12.2. The van der Waals surface area contributed by atoms with Gasteiger partial charge in [-0.15, -0.1) is 0 Å². The van der Waals surface area contributed by atoms with Crippen LogP contribution < -0.4 is 21.2 Å². The van der Waals surface area contributed by atoms with Crippen LogP contribution in [-0.4, -0.2) is 25.0 Å². The molecule has 0 unspecified atom stereocenters. The first-order chi connectivity index (χ1) is 20.1. The number of rotatable bonds is 8. The molecule has 0 bridgehead atoms. The Hall–Kier alpha value is -1.78. The van der Waals surface area contributed by atoms with Crippen molar-refractivity contribution in [2.24, 2.45) is 0 Å². The first-order valence-electron chi connectivity index (χ1n) is 14.1. The fraction of sp³-hybridized carbons (Fsp3) is 0.105. The molecule has 0 aliphatic heterocycles. The second kappa shape index (κ2) is 16.9. The van der Waals surface area contributed by atoms with Gasteiger partial charge < -0.3 is 4.90 Å². The minimum atomic E-state index is -0.514. The molecule has 0 amide bonds. The van der Waals surface area contributed by atoms with Crippen LogP contribution in [0.2, 0.25) is 0 Å². The molecular formula is C38H37FeNP2+2. The maximum atomic E-state index is 2.31. The average Bonchev–Trinajstić information content (AvgIpc) is 3.73. The van der Waals surface area contributed by atoms with Crippen molar-refractivity contribution in [1.82, 2.24) is 4.90 Å². The second-order valence-corrected chi connectivity index (χ2v) is 14.6. The molecule has 210 valence electrons. The number of nitrogens with zero attached hydrogens (tertiary/aromatic N) is 1. The predicted octanol–water partition coefficient (Wildman–Crippen LogP) is 7.28. The molecule has 0 spiro atoms. The number of hydrogen-bond acceptors (Lipinski definition) is 1. The van der Waals surface area contributed by atoms with Gasteiger partial charge in [0.1, 0.15) is 0 Å². The summed E-state index contributed by atoms with van der Waals surface area (Å²) in [6.07, 6.45) is 15.5. The van der Waals surface area contributed by atoms with E-state index in [9.17, 15) is 0 Å². The van der Waals surface area contributed by atoms with Crippen molar-refractivity contribution in [3.05, 3.63) is 184 Å². The molecule has 10 radical (unpaired) electrons. The fourth-order valence-electron chi connectivity index (χ4n) is 4.96. The van der Waals surface area contributed by atoms with E-state index in [1.165, 1.54) is 38.5 Å². The predicted molar refractivity (Wildman–Crippen MR) is 181 cm³/mol. The van der Waals surface area contributed by atoms with E-state index in [1.54, 1.807) is 0 Å². The smallest absolute Gasteiger partial charge is 0.306 e. The Morgan fingerprint density at radius 2 is 0.857 bits per heavy atom. The van der Waals surface area contributed by atoms with Crippen molar-refractivity contribution in [3.63, 3.8) is 0 Å². The van der Waals surface area contributed by atoms with Gasteiger partial charge in [0.25, 0.3) is 0 Å². The minimum absolute atomic E-state index is 0. The van der Waals surface area contributed by atoms with Gasteiger partial charge >= 0.3 is 17.1 Å². The second-order valence-electron chi connectivity index (χ2n) is 10.2. The van der Waals surface area contributed by atoms with Crippen LogP contribution in [0.15, 0.2) is 121 Å². The van der Waals surface area contributed by atoms with Gasteiger partial charge in [-0.3, -0.25) is 0 Å². The van der Waals surface area contributed by atoms with E-state index in [0.717, 1.165) is 0 Å². The summed E-state index contributed by atoms with van der Waals surface area (Å²) in [5.41, 5.74) is 2.89. The standard InChI is InChI=1S/C21H23NP.C17H14P.Fe/c1-17(22(2)3)20-15-10-16-21(20)23(18-11-6-4-7-12-18)19-13-8-5-9-14-19;1-3-9-15(10-4-1)18(17-13-7-8-14-17)16-11-5-2-6-12-16;/h4-17H,1-3H3;1-14H;/q;;+2/t17-;;/m0../s1. The summed E-state index contributed by atoms with van der Waals surface area (Å²) in [5, 5.41) is 5.63. The zero-order valence-corrected chi connectivity index (χ0v) is 27.3. The number of hydrogen-bond donors (Lipinski definition) is 0. The first-order valence-corrected chi connectivity index (χ1v) is 16.8. The fourth-order valence-corrected chi connectivity index (χ4v) is 9.81. The quantitative estimate of drug-likeness (QED) is 0.147. The molecule has 1 nitrogen and oxygen atoms in total. The van der Waals surface area contributed by atoms with Crippen LogP contribution in [0.5, 0.6) is 0 Å². The maximum Gasteiger partial charge on any atom is 2.00 e. The third kappa shape index (κ3) is 8.44. The third-order valence-electron chi connectivity index (χ3n) is 7.25. The average molecular weight is 626 g/mol. The van der Waals surface area contributed by atoms with Crippen LogP contribution in [0, 0.1) is 62.2 Å². The summed E-state index contributed by atoms with van der Waals surface area (Å²) in [6.45, 7) is 2.28. The largest absolute Gasteiger partial charge is 2.00 e. The van der Waals surface area contributed by atoms with E-state index in [0.29, 0.717) is 6.04 Å². The first kappa shape index (κ1) is 33.1. The monoisotopic (exact) mass is 625 g/mol. The molecule has 2 aliphatic carbocycles. The molecule has 42 heavy (non-hydrogen) atoms. The van der Waals surface area contributed by atoms with Crippen LogP contribution >= 0.6 is 15.8 Å². The Labute approximate surface area is 268 Å². The molecule has 0 saturated heterocycles. The van der Waals surface area contributed by atoms with Gasteiger partial charge in [0.2, 0.25) is 0 Å². The van der Waals surface area contributed by atoms with Gasteiger partial charge in [-0.05, 0) is 103 Å². The van der Waals surface area contributed by atoms with Crippen molar-refractivity contribution < 1.29 is 17.1 Å². The van der Waals surface area contributed by atoms with Gasteiger partial charge in [-0.1, -0.05) is 121 Å². The van der Waals surface area contributed by atoms with Crippen molar-refractivity contribution in [1.29, 1.82) is 0 Å². The van der Waals surface area contributed by atoms with Gasteiger partial charge in [-0.25, -0.2) is 0 Å². The van der Waals surface area contributed by atoms with Crippen molar-refractivity contribution in [2.45, 2.75) is 13.0 Å². The van der Waals surface area contributed by atoms with Crippen molar-refractivity contribution in [3.8, 4) is 0 Å². The zero-order valence-electron chi connectivity index (χ0n) is 24.4. The van der Waals surface area contributed by atoms with Gasteiger partial charge in [0.05, 0.1) is 0 Å². The van der Waals surface area contributed by atoms with Gasteiger partial charge in [0, 0.05) is 23.3 Å². The van der Waals surface area contributed by atoms with E-state index in [4.69, 9.17) is 0 Å². The molecule has 2 aliphatic rings. The Morgan fingerprint density at radius 1 is 0.476 bits per heavy atom. The van der Waals surface area contributed by atoms with Gasteiger partial charge in [-0.2, -0.15) is 0 Å². The maximum absolute atomic E-state index is 2.31. The summed E-state index contributed by atoms with van der Waals surface area (Å²) in [4.78, 5) is 2.28. The normalized spacial score (nSPS) is 16.8. The van der Waals surface area contributed by atoms with Crippen molar-refractivity contribution in [2.75, 3.05) is 14.1 Å². The Kier molecular flexibility index (Phi) is 13.3. The molecule has 4 aromatic carbocycles. The van der Waals surface area contributed by atoms with Crippen LogP contribution in [-0.2, 0) is 17.1 Å². The van der Waals surface area contributed by atoms with Crippen molar-refractivity contribution >= 4 is 37.1 Å². The van der Waals surface area contributed by atoms with Gasteiger partial charge in [0.15, 0.2) is 0 Å². The summed E-state index contributed by atoms with van der Waals surface area (Å²) in [5.74, 6) is 1.44. The summed E-state index contributed by atoms with van der Waals surface area (Å²) in [6, 6.07) is 43.8. The van der Waals surface area contributed by atoms with Crippen LogP contribution in [0.3, 0.4) is 0 Å².